The third-order valence-electron chi connectivity index (χ3n) is 6.24. The van der Waals surface area contributed by atoms with E-state index < -0.39 is 10.0 Å². The van der Waals surface area contributed by atoms with Crippen LogP contribution in [0.5, 0.6) is 0 Å². The summed E-state index contributed by atoms with van der Waals surface area (Å²) in [4.78, 5) is 13.0. The molecule has 32 heavy (non-hydrogen) atoms. The Morgan fingerprint density at radius 2 is 1.72 bits per heavy atom. The molecule has 1 N–H and O–H groups in total. The van der Waals surface area contributed by atoms with Crippen LogP contribution in [0.2, 0.25) is 0 Å². The Kier molecular flexibility index (Phi) is 6.51. The van der Waals surface area contributed by atoms with Gasteiger partial charge < -0.3 is 5.32 Å². The number of amides is 1. The summed E-state index contributed by atoms with van der Waals surface area (Å²) >= 11 is 0. The lowest BCUT2D eigenvalue weighted by molar-refractivity contribution is -0.120. The third kappa shape index (κ3) is 4.80. The Bertz CT molecular complexity index is 1230. The molecule has 0 heterocycles. The normalized spacial score (nSPS) is 14.6. The van der Waals surface area contributed by atoms with Gasteiger partial charge in [0.1, 0.15) is 6.54 Å². The fourth-order valence-electron chi connectivity index (χ4n) is 4.57. The average Bonchev–Trinajstić information content (AvgIpc) is 2.79. The summed E-state index contributed by atoms with van der Waals surface area (Å²) in [6.45, 7) is 1.78. The van der Waals surface area contributed by atoms with Gasteiger partial charge >= 0.3 is 0 Å². The predicted molar refractivity (Wildman–Crippen MR) is 130 cm³/mol. The zero-order valence-electron chi connectivity index (χ0n) is 18.7. The van der Waals surface area contributed by atoms with Gasteiger partial charge in [-0.15, -0.1) is 0 Å². The number of aryl methyl sites for hydroxylation is 2. The summed E-state index contributed by atoms with van der Waals surface area (Å²) in [5.74, 6) is -0.312. The number of rotatable bonds is 7. The smallest absolute Gasteiger partial charge is 0.241 e. The van der Waals surface area contributed by atoms with Gasteiger partial charge in [-0.25, -0.2) is 8.42 Å². The Labute approximate surface area is 190 Å². The number of anilines is 1. The first kappa shape index (κ1) is 22.3. The van der Waals surface area contributed by atoms with E-state index in [1.165, 1.54) is 28.3 Å². The van der Waals surface area contributed by atoms with E-state index in [1.807, 2.05) is 43.3 Å². The summed E-state index contributed by atoms with van der Waals surface area (Å²) in [5.41, 5.74) is 4.37. The monoisotopic (exact) mass is 450 g/mol. The van der Waals surface area contributed by atoms with E-state index >= 15 is 0 Å². The number of carbonyl (C=O) groups is 1. The zero-order chi connectivity index (χ0) is 22.7. The minimum absolute atomic E-state index is 0.149. The predicted octanol–water partition coefficient (Wildman–Crippen LogP) is 4.75. The molecule has 1 atom stereocenters. The van der Waals surface area contributed by atoms with Crippen LogP contribution < -0.4 is 9.62 Å². The van der Waals surface area contributed by atoms with Crippen molar-refractivity contribution in [2.45, 2.75) is 45.1 Å². The van der Waals surface area contributed by atoms with Crippen molar-refractivity contribution < 1.29 is 13.2 Å². The molecule has 1 aliphatic carbocycles. The van der Waals surface area contributed by atoms with E-state index in [2.05, 4.69) is 23.5 Å². The van der Waals surface area contributed by atoms with Gasteiger partial charge in [0.25, 0.3) is 0 Å². The second kappa shape index (κ2) is 9.33. The molecular weight excluding hydrogens is 420 g/mol. The first-order valence-corrected chi connectivity index (χ1v) is 13.1. The van der Waals surface area contributed by atoms with Gasteiger partial charge in [0.05, 0.1) is 18.0 Å². The number of benzene rings is 3. The Balaban J connectivity index is 1.57. The molecule has 0 saturated heterocycles. The number of hydrogen-bond donors (Lipinski definition) is 1. The third-order valence-corrected chi connectivity index (χ3v) is 7.37. The van der Waals surface area contributed by atoms with Crippen LogP contribution in [-0.4, -0.2) is 27.1 Å². The van der Waals surface area contributed by atoms with Gasteiger partial charge in [-0.3, -0.25) is 9.10 Å². The zero-order valence-corrected chi connectivity index (χ0v) is 19.5. The fourth-order valence-corrected chi connectivity index (χ4v) is 5.44. The van der Waals surface area contributed by atoms with Gasteiger partial charge in [0.2, 0.25) is 15.9 Å². The maximum atomic E-state index is 13.0. The second-order valence-corrected chi connectivity index (χ2v) is 10.4. The van der Waals surface area contributed by atoms with Crippen molar-refractivity contribution in [1.82, 2.24) is 5.32 Å². The number of sulfonamides is 1. The number of carbonyl (C=O) groups excluding carboxylic acids is 1. The molecule has 0 bridgehead atoms. The molecule has 0 unspecified atom stereocenters. The largest absolute Gasteiger partial charge is 0.348 e. The Morgan fingerprint density at radius 1 is 1.00 bits per heavy atom. The highest BCUT2D eigenvalue weighted by atomic mass is 32.2. The highest BCUT2D eigenvalue weighted by Gasteiger charge is 2.24. The van der Waals surface area contributed by atoms with Crippen molar-refractivity contribution in [3.05, 3.63) is 77.4 Å². The molecule has 0 aromatic heterocycles. The van der Waals surface area contributed by atoms with Crippen molar-refractivity contribution >= 4 is 32.4 Å². The lowest BCUT2D eigenvalue weighted by Gasteiger charge is -2.26. The van der Waals surface area contributed by atoms with Crippen molar-refractivity contribution in [1.29, 1.82) is 0 Å². The number of fused-ring (bicyclic) bond motifs is 2. The maximum Gasteiger partial charge on any atom is 0.241 e. The molecule has 1 aliphatic rings. The highest BCUT2D eigenvalue weighted by molar-refractivity contribution is 7.92. The first-order valence-electron chi connectivity index (χ1n) is 11.2. The second-order valence-electron chi connectivity index (χ2n) is 8.53. The maximum absolute atomic E-state index is 13.0. The molecule has 0 fully saturated rings. The molecule has 0 spiro atoms. The van der Waals surface area contributed by atoms with E-state index in [0.29, 0.717) is 5.69 Å². The van der Waals surface area contributed by atoms with Gasteiger partial charge in [-0.1, -0.05) is 61.5 Å². The van der Waals surface area contributed by atoms with E-state index in [0.717, 1.165) is 41.9 Å². The summed E-state index contributed by atoms with van der Waals surface area (Å²) in [6, 6.07) is 19.4. The van der Waals surface area contributed by atoms with Gasteiger partial charge in [0.15, 0.2) is 0 Å². The van der Waals surface area contributed by atoms with E-state index in [4.69, 9.17) is 0 Å². The van der Waals surface area contributed by atoms with E-state index in [-0.39, 0.29) is 18.5 Å². The lowest BCUT2D eigenvalue weighted by atomic mass is 9.89. The van der Waals surface area contributed by atoms with E-state index in [1.54, 1.807) is 6.07 Å². The molecule has 0 aliphatic heterocycles. The molecule has 1 amide bonds. The minimum Gasteiger partial charge on any atom is -0.348 e. The van der Waals surface area contributed by atoms with Gasteiger partial charge in [-0.2, -0.15) is 0 Å². The molecule has 0 radical (unpaired) electrons. The van der Waals surface area contributed by atoms with Crippen LogP contribution in [0.25, 0.3) is 10.8 Å². The summed E-state index contributed by atoms with van der Waals surface area (Å²) in [6.07, 6.45) is 6.51. The molecule has 6 heteroatoms. The summed E-state index contributed by atoms with van der Waals surface area (Å²) in [5, 5.41) is 4.80. The van der Waals surface area contributed by atoms with Gasteiger partial charge in [-0.05, 0) is 60.2 Å². The Hall–Kier alpha value is -2.86. The molecule has 3 aromatic carbocycles. The van der Waals surface area contributed by atoms with Crippen molar-refractivity contribution in [3.8, 4) is 0 Å². The van der Waals surface area contributed by atoms with Crippen molar-refractivity contribution in [2.24, 2.45) is 0 Å². The van der Waals surface area contributed by atoms with Crippen LogP contribution >= 0.6 is 0 Å². The molecule has 5 nitrogen and oxygen atoms in total. The van der Waals surface area contributed by atoms with Crippen LogP contribution in [0.1, 0.15) is 48.9 Å². The highest BCUT2D eigenvalue weighted by Crippen LogP contribution is 2.29. The molecule has 168 valence electrons. The van der Waals surface area contributed by atoms with Crippen LogP contribution in [0, 0.1) is 0 Å². The van der Waals surface area contributed by atoms with Crippen LogP contribution in [0.4, 0.5) is 5.69 Å². The van der Waals surface area contributed by atoms with Crippen molar-refractivity contribution in [3.63, 3.8) is 0 Å². The summed E-state index contributed by atoms with van der Waals surface area (Å²) < 4.78 is 26.5. The first-order chi connectivity index (χ1) is 15.4. The average molecular weight is 451 g/mol. The minimum atomic E-state index is -3.65. The Morgan fingerprint density at radius 3 is 2.47 bits per heavy atom. The number of nitrogens with one attached hydrogen (secondary N) is 1. The van der Waals surface area contributed by atoms with E-state index in [9.17, 15) is 13.2 Å². The lowest BCUT2D eigenvalue weighted by Crippen LogP contribution is -2.41. The summed E-state index contributed by atoms with van der Waals surface area (Å²) in [7, 11) is -3.65. The van der Waals surface area contributed by atoms with Crippen molar-refractivity contribution in [2.75, 3.05) is 17.1 Å². The SMILES string of the molecule is CC[C@H](NC(=O)CN(c1cccc2ccccc12)S(C)(=O)=O)c1ccc2c(c1)CCCC2. The standard InChI is InChI=1S/C26H30N2O3S/c1-3-24(22-16-15-19-9-4-5-11-21(19)17-22)27-26(29)18-28(32(2,30)31)25-14-8-12-20-10-6-7-13-23(20)25/h6-8,10,12-17,24H,3-5,9,11,18H2,1-2H3,(H,27,29)/t24-/m0/s1. The molecular formula is C26H30N2O3S. The number of nitrogens with zero attached hydrogens (tertiary/aromatic N) is 1. The molecule has 4 rings (SSSR count). The number of hydrogen-bond acceptors (Lipinski definition) is 3. The fraction of sp³-hybridized carbons (Fsp3) is 0.346. The molecule has 3 aromatic rings. The van der Waals surface area contributed by atoms with Gasteiger partial charge in [0, 0.05) is 5.39 Å². The topological polar surface area (TPSA) is 66.5 Å². The quantitative estimate of drug-likeness (QED) is 0.565. The van der Waals surface area contributed by atoms with Crippen LogP contribution in [-0.2, 0) is 27.7 Å². The molecule has 0 saturated carbocycles. The van der Waals surface area contributed by atoms with Crippen LogP contribution in [0.3, 0.4) is 0 Å². The van der Waals surface area contributed by atoms with Crippen LogP contribution in [0.15, 0.2) is 60.7 Å².